The SMILES string of the molecule is Cn1ccc(-c2nc(N)c(C(=O)NC(C)(C)c3ncccn3)nc2-c2ccc3ncoc3c2)n1. The van der Waals surface area contributed by atoms with Gasteiger partial charge in [0.2, 0.25) is 0 Å². The van der Waals surface area contributed by atoms with Crippen molar-refractivity contribution in [3.8, 4) is 22.6 Å². The zero-order chi connectivity index (χ0) is 23.9. The molecule has 0 saturated heterocycles. The summed E-state index contributed by atoms with van der Waals surface area (Å²) in [7, 11) is 1.80. The summed E-state index contributed by atoms with van der Waals surface area (Å²) in [5.41, 5.74) is 8.74. The quantitative estimate of drug-likeness (QED) is 0.407. The maximum Gasteiger partial charge on any atom is 0.274 e. The maximum absolute atomic E-state index is 13.3. The van der Waals surface area contributed by atoms with Crippen LogP contribution in [0.4, 0.5) is 5.82 Å². The number of aryl methyl sites for hydroxylation is 1. The Kier molecular flexibility index (Phi) is 5.01. The van der Waals surface area contributed by atoms with E-state index in [1.807, 2.05) is 12.1 Å². The van der Waals surface area contributed by atoms with Gasteiger partial charge in [-0.1, -0.05) is 6.07 Å². The molecule has 0 fully saturated rings. The van der Waals surface area contributed by atoms with Gasteiger partial charge in [0.15, 0.2) is 29.3 Å². The van der Waals surface area contributed by atoms with Gasteiger partial charge in [-0.05, 0) is 38.1 Å². The number of oxazole rings is 1. The van der Waals surface area contributed by atoms with Crippen LogP contribution in [0.15, 0.2) is 59.7 Å². The molecule has 170 valence electrons. The number of carbonyl (C=O) groups excluding carboxylic acids is 1. The van der Waals surface area contributed by atoms with Crippen molar-refractivity contribution in [3.63, 3.8) is 0 Å². The van der Waals surface area contributed by atoms with Crippen LogP contribution >= 0.6 is 0 Å². The van der Waals surface area contributed by atoms with Crippen LogP contribution in [0.5, 0.6) is 0 Å². The summed E-state index contributed by atoms with van der Waals surface area (Å²) in [6.45, 7) is 3.59. The number of anilines is 1. The molecule has 11 nitrogen and oxygen atoms in total. The Bertz CT molecular complexity index is 1510. The number of benzene rings is 1. The highest BCUT2D eigenvalue weighted by Crippen LogP contribution is 2.32. The molecule has 5 aromatic rings. The number of carbonyl (C=O) groups is 1. The number of nitrogens with one attached hydrogen (secondary N) is 1. The Hall–Kier alpha value is -4.67. The average Bonchev–Trinajstić information content (AvgIpc) is 3.47. The molecule has 1 amide bonds. The molecule has 0 aliphatic heterocycles. The second-order valence-electron chi connectivity index (χ2n) is 8.22. The molecule has 0 radical (unpaired) electrons. The van der Waals surface area contributed by atoms with Crippen molar-refractivity contribution in [2.24, 2.45) is 7.05 Å². The molecule has 0 unspecified atom stereocenters. The number of hydrogen-bond acceptors (Lipinski definition) is 9. The Morgan fingerprint density at radius 3 is 2.62 bits per heavy atom. The summed E-state index contributed by atoms with van der Waals surface area (Å²) in [4.78, 5) is 35.1. The lowest BCUT2D eigenvalue weighted by atomic mass is 10.0. The molecule has 4 aromatic heterocycles. The molecule has 1 aromatic carbocycles. The smallest absolute Gasteiger partial charge is 0.274 e. The second kappa shape index (κ2) is 8.03. The van der Waals surface area contributed by atoms with Crippen LogP contribution in [0.1, 0.15) is 30.2 Å². The minimum atomic E-state index is -0.870. The van der Waals surface area contributed by atoms with Gasteiger partial charge in [0.1, 0.15) is 16.9 Å². The van der Waals surface area contributed by atoms with Crippen LogP contribution in [-0.2, 0) is 12.6 Å². The predicted molar refractivity (Wildman–Crippen MR) is 124 cm³/mol. The molecule has 0 bridgehead atoms. The first-order valence-electron chi connectivity index (χ1n) is 10.4. The number of hydrogen-bond donors (Lipinski definition) is 2. The van der Waals surface area contributed by atoms with E-state index in [-0.39, 0.29) is 11.5 Å². The van der Waals surface area contributed by atoms with Gasteiger partial charge < -0.3 is 15.5 Å². The van der Waals surface area contributed by atoms with E-state index in [2.05, 4.69) is 35.3 Å². The van der Waals surface area contributed by atoms with E-state index < -0.39 is 11.4 Å². The average molecular weight is 455 g/mol. The number of aromatic nitrogens is 7. The van der Waals surface area contributed by atoms with E-state index in [4.69, 9.17) is 10.2 Å². The lowest BCUT2D eigenvalue weighted by Crippen LogP contribution is -2.43. The van der Waals surface area contributed by atoms with Gasteiger partial charge in [0, 0.05) is 31.2 Å². The normalized spacial score (nSPS) is 11.6. The van der Waals surface area contributed by atoms with Gasteiger partial charge >= 0.3 is 0 Å². The molecule has 0 saturated carbocycles. The van der Waals surface area contributed by atoms with Crippen molar-refractivity contribution in [1.29, 1.82) is 0 Å². The molecule has 0 aliphatic rings. The molecule has 5 rings (SSSR count). The van der Waals surface area contributed by atoms with Gasteiger partial charge in [-0.2, -0.15) is 5.10 Å². The van der Waals surface area contributed by atoms with E-state index in [9.17, 15) is 4.79 Å². The number of nitrogens with zero attached hydrogens (tertiary/aromatic N) is 7. The zero-order valence-corrected chi connectivity index (χ0v) is 18.7. The minimum Gasteiger partial charge on any atom is -0.443 e. The molecule has 3 N–H and O–H groups in total. The highest BCUT2D eigenvalue weighted by molar-refractivity contribution is 5.98. The largest absolute Gasteiger partial charge is 0.443 e. The third-order valence-corrected chi connectivity index (χ3v) is 5.25. The van der Waals surface area contributed by atoms with E-state index in [0.29, 0.717) is 39.6 Å². The summed E-state index contributed by atoms with van der Waals surface area (Å²) in [5, 5.41) is 7.34. The summed E-state index contributed by atoms with van der Waals surface area (Å²) in [5.74, 6) is -0.0691. The third-order valence-electron chi connectivity index (χ3n) is 5.25. The van der Waals surface area contributed by atoms with E-state index in [0.717, 1.165) is 0 Å². The van der Waals surface area contributed by atoms with Gasteiger partial charge in [-0.15, -0.1) is 0 Å². The maximum atomic E-state index is 13.3. The Morgan fingerprint density at radius 2 is 1.88 bits per heavy atom. The lowest BCUT2D eigenvalue weighted by molar-refractivity contribution is 0.0904. The highest BCUT2D eigenvalue weighted by atomic mass is 16.3. The fourth-order valence-corrected chi connectivity index (χ4v) is 3.56. The van der Waals surface area contributed by atoms with Crippen molar-refractivity contribution in [2.75, 3.05) is 5.73 Å². The van der Waals surface area contributed by atoms with Crippen molar-refractivity contribution in [1.82, 2.24) is 40.0 Å². The molecule has 34 heavy (non-hydrogen) atoms. The second-order valence-corrected chi connectivity index (χ2v) is 8.22. The molecule has 0 aliphatic carbocycles. The fourth-order valence-electron chi connectivity index (χ4n) is 3.56. The summed E-state index contributed by atoms with van der Waals surface area (Å²) < 4.78 is 7.10. The molecule has 0 spiro atoms. The van der Waals surface area contributed by atoms with Gasteiger partial charge in [-0.25, -0.2) is 24.9 Å². The fraction of sp³-hybridized carbons (Fsp3) is 0.174. The molecule has 0 atom stereocenters. The van der Waals surface area contributed by atoms with Crippen LogP contribution in [0, 0.1) is 0 Å². The number of rotatable bonds is 5. The number of nitrogens with two attached hydrogens (primary N) is 1. The van der Waals surface area contributed by atoms with E-state index >= 15 is 0 Å². The van der Waals surface area contributed by atoms with Crippen LogP contribution in [0.3, 0.4) is 0 Å². The monoisotopic (exact) mass is 455 g/mol. The van der Waals surface area contributed by atoms with E-state index in [1.54, 1.807) is 62.4 Å². The lowest BCUT2D eigenvalue weighted by Gasteiger charge is -2.24. The first-order chi connectivity index (χ1) is 16.3. The van der Waals surface area contributed by atoms with Crippen LogP contribution in [0.25, 0.3) is 33.7 Å². The summed E-state index contributed by atoms with van der Waals surface area (Å²) >= 11 is 0. The number of amides is 1. The predicted octanol–water partition coefficient (Wildman–Crippen LogP) is 2.72. The molecule has 11 heteroatoms. The van der Waals surface area contributed by atoms with Crippen molar-refractivity contribution >= 4 is 22.8 Å². The molecular formula is C23H21N9O2. The Balaban J connectivity index is 1.61. The van der Waals surface area contributed by atoms with Crippen LogP contribution in [-0.4, -0.2) is 40.6 Å². The van der Waals surface area contributed by atoms with Crippen LogP contribution in [0.2, 0.25) is 0 Å². The standard InChI is InChI=1S/C23H21N9O2/c1-23(2,22-25-8-4-9-26-22)30-21(33)19-20(24)29-18(15-7-10-32(3)31-15)17(28-19)13-5-6-14-16(11-13)34-12-27-14/h4-12H,1-3H3,(H2,24,29)(H,30,33). The van der Waals surface area contributed by atoms with E-state index in [1.165, 1.54) is 6.39 Å². The molecular weight excluding hydrogens is 434 g/mol. The Morgan fingerprint density at radius 1 is 1.09 bits per heavy atom. The van der Waals surface area contributed by atoms with Crippen LogP contribution < -0.4 is 11.1 Å². The van der Waals surface area contributed by atoms with Crippen molar-refractivity contribution in [3.05, 3.63) is 66.8 Å². The zero-order valence-electron chi connectivity index (χ0n) is 18.7. The van der Waals surface area contributed by atoms with Gasteiger partial charge in [0.05, 0.1) is 11.2 Å². The number of fused-ring (bicyclic) bond motifs is 1. The Labute approximate surface area is 194 Å². The van der Waals surface area contributed by atoms with Gasteiger partial charge in [-0.3, -0.25) is 9.48 Å². The summed E-state index contributed by atoms with van der Waals surface area (Å²) in [6.07, 6.45) is 6.39. The molecule has 4 heterocycles. The van der Waals surface area contributed by atoms with Crippen molar-refractivity contribution in [2.45, 2.75) is 19.4 Å². The third kappa shape index (κ3) is 3.83. The summed E-state index contributed by atoms with van der Waals surface area (Å²) in [6, 6.07) is 8.94. The first-order valence-corrected chi connectivity index (χ1v) is 10.4. The first kappa shape index (κ1) is 21.2. The minimum absolute atomic E-state index is 0.0173. The highest BCUT2D eigenvalue weighted by Gasteiger charge is 2.29. The van der Waals surface area contributed by atoms with Crippen molar-refractivity contribution < 1.29 is 9.21 Å². The topological polar surface area (TPSA) is 151 Å². The number of nitrogen functional groups attached to an aromatic ring is 1. The van der Waals surface area contributed by atoms with Gasteiger partial charge in [0.25, 0.3) is 5.91 Å².